The van der Waals surface area contributed by atoms with Crippen LogP contribution in [0.2, 0.25) is 0 Å². The lowest BCUT2D eigenvalue weighted by molar-refractivity contribution is -0.118. The Morgan fingerprint density at radius 2 is 2.03 bits per heavy atom. The topological polar surface area (TPSA) is 80.8 Å². The summed E-state index contributed by atoms with van der Waals surface area (Å²) in [5, 5.41) is 0. The van der Waals surface area contributed by atoms with Crippen molar-refractivity contribution in [1.82, 2.24) is 14.4 Å². The first kappa shape index (κ1) is 21.7. The van der Waals surface area contributed by atoms with Crippen molar-refractivity contribution in [3.05, 3.63) is 35.0 Å². The second kappa shape index (κ2) is 9.00. The van der Waals surface area contributed by atoms with Crippen LogP contribution in [0.3, 0.4) is 0 Å². The van der Waals surface area contributed by atoms with Crippen molar-refractivity contribution in [2.75, 3.05) is 39.4 Å². The number of hydrogen-bond acceptors (Lipinski definition) is 5. The molecule has 0 bridgehead atoms. The van der Waals surface area contributed by atoms with Crippen LogP contribution in [0, 0.1) is 5.41 Å². The summed E-state index contributed by atoms with van der Waals surface area (Å²) in [4.78, 5) is 30.6. The maximum Gasteiger partial charge on any atom is 0.328 e. The van der Waals surface area contributed by atoms with Crippen LogP contribution in [-0.2, 0) is 22.5 Å². The van der Waals surface area contributed by atoms with Crippen molar-refractivity contribution in [3.8, 4) is 10.4 Å². The molecule has 8 heteroatoms. The normalized spacial score (nSPS) is 20.0. The molecule has 1 saturated heterocycles. The van der Waals surface area contributed by atoms with Gasteiger partial charge >= 0.3 is 6.03 Å². The first-order chi connectivity index (χ1) is 15.5. The Morgan fingerprint density at radius 3 is 2.75 bits per heavy atom. The number of aryl methyl sites for hydroxylation is 1. The van der Waals surface area contributed by atoms with Crippen molar-refractivity contribution < 1.29 is 14.3 Å². The number of rotatable bonds is 10. The van der Waals surface area contributed by atoms with E-state index in [4.69, 9.17) is 10.5 Å². The largest absolute Gasteiger partial charge is 0.379 e. The third kappa shape index (κ3) is 4.77. The van der Waals surface area contributed by atoms with E-state index in [1.807, 2.05) is 17.5 Å². The highest BCUT2D eigenvalue weighted by molar-refractivity contribution is 7.15. The second-order valence-electron chi connectivity index (χ2n) is 9.52. The average molecular weight is 457 g/mol. The summed E-state index contributed by atoms with van der Waals surface area (Å²) in [6.45, 7) is 6.28. The number of nitrogens with zero attached hydrogens (tertiary/aromatic N) is 3. The molecule has 32 heavy (non-hydrogen) atoms. The number of fused-ring (bicyclic) bond motifs is 1. The standard InChI is InChI=1S/C24H32N4O3S/c25-22(29)2-1-9-27-16-19-14-18(15-28(19)23(27)30)21-4-3-20(32-21)5-6-24(7-8-24)17-26-10-12-31-13-11-26/h3-4,14-15H,1-2,5-13,16-17H2,(H2,25,29). The van der Waals surface area contributed by atoms with E-state index in [0.717, 1.165) is 44.0 Å². The molecule has 3 aliphatic rings. The maximum atomic E-state index is 12.7. The van der Waals surface area contributed by atoms with Gasteiger partial charge in [0.2, 0.25) is 5.91 Å². The monoisotopic (exact) mass is 456 g/mol. The Hall–Kier alpha value is -2.16. The number of amides is 2. The Morgan fingerprint density at radius 1 is 1.22 bits per heavy atom. The quantitative estimate of drug-likeness (QED) is 0.595. The van der Waals surface area contributed by atoms with E-state index < -0.39 is 0 Å². The van der Waals surface area contributed by atoms with Gasteiger partial charge in [0.05, 0.1) is 19.8 Å². The van der Waals surface area contributed by atoms with Crippen LogP contribution in [0.5, 0.6) is 0 Å². The van der Waals surface area contributed by atoms with Gasteiger partial charge in [-0.3, -0.25) is 14.3 Å². The van der Waals surface area contributed by atoms with E-state index in [2.05, 4.69) is 23.1 Å². The Kier molecular flexibility index (Phi) is 6.09. The summed E-state index contributed by atoms with van der Waals surface area (Å²) in [5.41, 5.74) is 7.85. The summed E-state index contributed by atoms with van der Waals surface area (Å²) in [7, 11) is 0. The number of aromatic nitrogens is 1. The molecule has 1 aliphatic carbocycles. The molecule has 0 spiro atoms. The number of primary amides is 1. The van der Waals surface area contributed by atoms with Crippen molar-refractivity contribution in [2.24, 2.45) is 11.1 Å². The van der Waals surface area contributed by atoms with Gasteiger partial charge in [-0.05, 0) is 55.7 Å². The smallest absolute Gasteiger partial charge is 0.328 e. The fourth-order valence-corrected chi connectivity index (χ4v) is 5.92. The minimum atomic E-state index is -0.319. The molecule has 0 unspecified atom stereocenters. The van der Waals surface area contributed by atoms with Gasteiger partial charge in [0.1, 0.15) is 0 Å². The summed E-state index contributed by atoms with van der Waals surface area (Å²) < 4.78 is 7.24. The number of morpholine rings is 1. The number of carbonyl (C=O) groups is 2. The summed E-state index contributed by atoms with van der Waals surface area (Å²) >= 11 is 1.85. The van der Waals surface area contributed by atoms with Crippen LogP contribution < -0.4 is 5.73 Å². The molecular weight excluding hydrogens is 424 g/mol. The molecular formula is C24H32N4O3S. The second-order valence-corrected chi connectivity index (χ2v) is 10.7. The van der Waals surface area contributed by atoms with E-state index in [1.54, 1.807) is 9.47 Å². The van der Waals surface area contributed by atoms with Gasteiger partial charge in [-0.1, -0.05) is 0 Å². The lowest BCUT2D eigenvalue weighted by Crippen LogP contribution is -2.40. The minimum Gasteiger partial charge on any atom is -0.379 e. The molecule has 0 atom stereocenters. The van der Waals surface area contributed by atoms with E-state index in [0.29, 0.717) is 31.3 Å². The molecule has 2 aromatic heterocycles. The third-order valence-corrected chi connectivity index (χ3v) is 8.24. The highest BCUT2D eigenvalue weighted by atomic mass is 32.1. The van der Waals surface area contributed by atoms with E-state index in [-0.39, 0.29) is 11.9 Å². The Labute approximate surface area is 193 Å². The van der Waals surface area contributed by atoms with Crippen LogP contribution in [0.1, 0.15) is 42.7 Å². The zero-order valence-corrected chi connectivity index (χ0v) is 19.4. The number of nitrogens with two attached hydrogens (primary N) is 1. The predicted octanol–water partition coefficient (Wildman–Crippen LogP) is 3.31. The Bertz CT molecular complexity index is 987. The van der Waals surface area contributed by atoms with Gasteiger partial charge in [-0.2, -0.15) is 0 Å². The molecule has 2 aromatic rings. The van der Waals surface area contributed by atoms with Gasteiger partial charge in [-0.25, -0.2) is 4.79 Å². The highest BCUT2D eigenvalue weighted by Crippen LogP contribution is 2.50. The van der Waals surface area contributed by atoms with Crippen LogP contribution in [0.4, 0.5) is 4.79 Å². The number of thiophene rings is 1. The molecule has 0 radical (unpaired) electrons. The predicted molar refractivity (Wildman–Crippen MR) is 125 cm³/mol. The highest BCUT2D eigenvalue weighted by Gasteiger charge is 2.43. The van der Waals surface area contributed by atoms with Crippen molar-refractivity contribution in [2.45, 2.75) is 45.1 Å². The molecule has 2 fully saturated rings. The molecule has 2 aliphatic heterocycles. The molecule has 4 heterocycles. The molecule has 0 aromatic carbocycles. The SMILES string of the molecule is NC(=O)CCCN1Cc2cc(-c3ccc(CCC4(CN5CCOCC5)CC4)s3)cn2C1=O. The maximum absolute atomic E-state index is 12.7. The van der Waals surface area contributed by atoms with E-state index >= 15 is 0 Å². The fraction of sp³-hybridized carbons (Fsp3) is 0.583. The number of carbonyl (C=O) groups excluding carboxylic acids is 2. The molecule has 5 rings (SSSR count). The zero-order chi connectivity index (χ0) is 22.1. The minimum absolute atomic E-state index is 0.00807. The molecule has 1 saturated carbocycles. The average Bonchev–Trinajstić information content (AvgIpc) is 3.11. The summed E-state index contributed by atoms with van der Waals surface area (Å²) in [6, 6.07) is 6.57. The van der Waals surface area contributed by atoms with Crippen LogP contribution >= 0.6 is 11.3 Å². The lowest BCUT2D eigenvalue weighted by Gasteiger charge is -2.30. The van der Waals surface area contributed by atoms with Crippen LogP contribution in [-0.4, -0.2) is 65.7 Å². The van der Waals surface area contributed by atoms with Crippen molar-refractivity contribution >= 4 is 23.3 Å². The van der Waals surface area contributed by atoms with Gasteiger partial charge < -0.3 is 15.4 Å². The molecule has 2 N–H and O–H groups in total. The number of ether oxygens (including phenoxy) is 1. The van der Waals surface area contributed by atoms with Crippen LogP contribution in [0.15, 0.2) is 24.4 Å². The van der Waals surface area contributed by atoms with Gasteiger partial charge in [0.25, 0.3) is 0 Å². The summed E-state index contributed by atoms with van der Waals surface area (Å²) in [6.07, 6.45) is 7.99. The van der Waals surface area contributed by atoms with E-state index in [9.17, 15) is 9.59 Å². The fourth-order valence-electron chi connectivity index (χ4n) is 4.93. The molecule has 7 nitrogen and oxygen atoms in total. The Balaban J connectivity index is 1.15. The zero-order valence-electron chi connectivity index (χ0n) is 18.6. The molecule has 2 amide bonds. The van der Waals surface area contributed by atoms with Crippen LogP contribution in [0.25, 0.3) is 10.4 Å². The lowest BCUT2D eigenvalue weighted by atomic mass is 9.98. The third-order valence-electron chi connectivity index (χ3n) is 7.05. The van der Waals surface area contributed by atoms with E-state index in [1.165, 1.54) is 35.6 Å². The van der Waals surface area contributed by atoms with Gasteiger partial charge in [0, 0.05) is 59.8 Å². The molecule has 172 valence electrons. The first-order valence-electron chi connectivity index (χ1n) is 11.7. The number of hydrogen-bond donors (Lipinski definition) is 1. The first-order valence-corrected chi connectivity index (χ1v) is 12.5. The summed E-state index contributed by atoms with van der Waals surface area (Å²) in [5.74, 6) is -0.319. The van der Waals surface area contributed by atoms with Crippen molar-refractivity contribution in [1.29, 1.82) is 0 Å². The van der Waals surface area contributed by atoms with Gasteiger partial charge in [-0.15, -0.1) is 11.3 Å². The van der Waals surface area contributed by atoms with Gasteiger partial charge in [0.15, 0.2) is 0 Å². The van der Waals surface area contributed by atoms with Crippen molar-refractivity contribution in [3.63, 3.8) is 0 Å².